The molecule has 1 aliphatic heterocycles. The van der Waals surface area contributed by atoms with Crippen LogP contribution < -0.4 is 10.2 Å². The molecule has 8 nitrogen and oxygen atoms in total. The summed E-state index contributed by atoms with van der Waals surface area (Å²) in [5.41, 5.74) is 0.294. The predicted molar refractivity (Wildman–Crippen MR) is 83.4 cm³/mol. The van der Waals surface area contributed by atoms with Gasteiger partial charge in [-0.1, -0.05) is 0 Å². The van der Waals surface area contributed by atoms with Gasteiger partial charge in [0.15, 0.2) is 0 Å². The molecule has 1 atom stereocenters. The number of nitro benzene ring substituents is 1. The maximum absolute atomic E-state index is 11.8. The Balaban J connectivity index is 2.30. The molecule has 0 spiro atoms. The molecule has 1 heterocycles. The first kappa shape index (κ1) is 16.7. The van der Waals surface area contributed by atoms with Gasteiger partial charge in [0, 0.05) is 31.9 Å². The standard InChI is InChI=1S/C15H19N3O5/c1-16-14(19)10-4-3-7-17(9-10)11-5-6-13(18(21)22)12(8-11)15(20)23-2/h5-6,8,10H,3-4,7,9H2,1-2H3,(H,16,19). The van der Waals surface area contributed by atoms with Crippen LogP contribution in [0.15, 0.2) is 18.2 Å². The molecule has 1 amide bonds. The van der Waals surface area contributed by atoms with Crippen molar-refractivity contribution in [1.29, 1.82) is 0 Å². The SMILES string of the molecule is CNC(=O)C1CCCN(c2ccc([N+](=O)[O-])c(C(=O)OC)c2)C1. The second-order valence-corrected chi connectivity index (χ2v) is 5.35. The number of nitrogens with one attached hydrogen (secondary N) is 1. The van der Waals surface area contributed by atoms with Crippen LogP contribution in [0.25, 0.3) is 0 Å². The van der Waals surface area contributed by atoms with Crippen molar-refractivity contribution >= 4 is 23.3 Å². The van der Waals surface area contributed by atoms with Gasteiger partial charge in [-0.2, -0.15) is 0 Å². The third-order valence-electron chi connectivity index (χ3n) is 3.99. The Labute approximate surface area is 133 Å². The molecule has 0 aliphatic carbocycles. The van der Waals surface area contributed by atoms with Crippen molar-refractivity contribution in [3.63, 3.8) is 0 Å². The molecular formula is C15H19N3O5. The van der Waals surface area contributed by atoms with E-state index in [0.717, 1.165) is 19.4 Å². The summed E-state index contributed by atoms with van der Waals surface area (Å²) in [4.78, 5) is 36.0. The molecule has 0 aromatic heterocycles. The number of amides is 1. The fourth-order valence-electron chi connectivity index (χ4n) is 2.78. The van der Waals surface area contributed by atoms with Gasteiger partial charge in [-0.3, -0.25) is 14.9 Å². The van der Waals surface area contributed by atoms with E-state index in [4.69, 9.17) is 0 Å². The zero-order chi connectivity index (χ0) is 17.0. The number of benzene rings is 1. The molecule has 0 bridgehead atoms. The first-order valence-corrected chi connectivity index (χ1v) is 7.31. The molecule has 1 aromatic rings. The molecule has 23 heavy (non-hydrogen) atoms. The molecular weight excluding hydrogens is 302 g/mol. The molecule has 2 rings (SSSR count). The predicted octanol–water partition coefficient (Wildman–Crippen LogP) is 1.34. The second-order valence-electron chi connectivity index (χ2n) is 5.35. The summed E-state index contributed by atoms with van der Waals surface area (Å²) in [6.45, 7) is 1.24. The van der Waals surface area contributed by atoms with Gasteiger partial charge in [0.05, 0.1) is 18.0 Å². The van der Waals surface area contributed by atoms with Crippen molar-refractivity contribution in [2.75, 3.05) is 32.1 Å². The highest BCUT2D eigenvalue weighted by atomic mass is 16.6. The highest BCUT2D eigenvalue weighted by Gasteiger charge is 2.27. The lowest BCUT2D eigenvalue weighted by molar-refractivity contribution is -0.385. The summed E-state index contributed by atoms with van der Waals surface area (Å²) >= 11 is 0. The summed E-state index contributed by atoms with van der Waals surface area (Å²) in [6.07, 6.45) is 1.63. The fourth-order valence-corrected chi connectivity index (χ4v) is 2.78. The van der Waals surface area contributed by atoms with Crippen LogP contribution in [0, 0.1) is 16.0 Å². The molecule has 124 valence electrons. The number of esters is 1. The molecule has 1 aromatic carbocycles. The number of piperidine rings is 1. The van der Waals surface area contributed by atoms with E-state index in [1.165, 1.54) is 19.2 Å². The largest absolute Gasteiger partial charge is 0.465 e. The third-order valence-corrected chi connectivity index (χ3v) is 3.99. The minimum Gasteiger partial charge on any atom is -0.465 e. The summed E-state index contributed by atoms with van der Waals surface area (Å²) in [6, 6.07) is 4.35. The molecule has 1 unspecified atom stereocenters. The van der Waals surface area contributed by atoms with Crippen LogP contribution in [-0.2, 0) is 9.53 Å². The monoisotopic (exact) mass is 321 g/mol. The number of nitrogens with zero attached hydrogens (tertiary/aromatic N) is 2. The number of carbonyl (C=O) groups excluding carboxylic acids is 2. The lowest BCUT2D eigenvalue weighted by Crippen LogP contribution is -2.42. The van der Waals surface area contributed by atoms with Crippen LogP contribution in [0.3, 0.4) is 0 Å². The maximum Gasteiger partial charge on any atom is 0.344 e. The summed E-state index contributed by atoms with van der Waals surface area (Å²) in [7, 11) is 2.78. The summed E-state index contributed by atoms with van der Waals surface area (Å²) < 4.78 is 4.62. The number of carbonyl (C=O) groups is 2. The number of methoxy groups -OCH3 is 1. The van der Waals surface area contributed by atoms with E-state index in [0.29, 0.717) is 12.2 Å². The van der Waals surface area contributed by atoms with Gasteiger partial charge in [0.2, 0.25) is 5.91 Å². The van der Waals surface area contributed by atoms with Crippen LogP contribution >= 0.6 is 0 Å². The third kappa shape index (κ3) is 3.58. The first-order chi connectivity index (χ1) is 11.0. The fraction of sp³-hybridized carbons (Fsp3) is 0.467. The molecule has 1 saturated heterocycles. The highest BCUT2D eigenvalue weighted by molar-refractivity contribution is 5.95. The van der Waals surface area contributed by atoms with Crippen LogP contribution in [0.1, 0.15) is 23.2 Å². The zero-order valence-electron chi connectivity index (χ0n) is 13.1. The van der Waals surface area contributed by atoms with E-state index < -0.39 is 10.9 Å². The normalized spacial score (nSPS) is 17.5. The van der Waals surface area contributed by atoms with Crippen molar-refractivity contribution in [2.24, 2.45) is 5.92 Å². The van der Waals surface area contributed by atoms with E-state index in [-0.39, 0.29) is 23.1 Å². The number of anilines is 1. The van der Waals surface area contributed by atoms with Crippen molar-refractivity contribution in [3.05, 3.63) is 33.9 Å². The Morgan fingerprint density at radius 3 is 2.78 bits per heavy atom. The van der Waals surface area contributed by atoms with Gasteiger partial charge in [0.25, 0.3) is 5.69 Å². The number of nitro groups is 1. The lowest BCUT2D eigenvalue weighted by atomic mass is 9.96. The van der Waals surface area contributed by atoms with Crippen molar-refractivity contribution in [1.82, 2.24) is 5.32 Å². The molecule has 1 N–H and O–H groups in total. The Bertz CT molecular complexity index is 632. The lowest BCUT2D eigenvalue weighted by Gasteiger charge is -2.33. The number of hydrogen-bond acceptors (Lipinski definition) is 6. The van der Waals surface area contributed by atoms with E-state index in [9.17, 15) is 19.7 Å². The van der Waals surface area contributed by atoms with Gasteiger partial charge in [-0.05, 0) is 25.0 Å². The van der Waals surface area contributed by atoms with Crippen molar-refractivity contribution in [2.45, 2.75) is 12.8 Å². The van der Waals surface area contributed by atoms with Crippen LogP contribution in [0.2, 0.25) is 0 Å². The second kappa shape index (κ2) is 7.08. The quantitative estimate of drug-likeness (QED) is 0.510. The summed E-state index contributed by atoms with van der Waals surface area (Å²) in [5, 5.41) is 13.7. The van der Waals surface area contributed by atoms with E-state index in [1.54, 1.807) is 13.1 Å². The van der Waals surface area contributed by atoms with E-state index >= 15 is 0 Å². The van der Waals surface area contributed by atoms with Gasteiger partial charge in [-0.15, -0.1) is 0 Å². The highest BCUT2D eigenvalue weighted by Crippen LogP contribution is 2.29. The Morgan fingerprint density at radius 2 is 2.17 bits per heavy atom. The van der Waals surface area contributed by atoms with E-state index in [2.05, 4.69) is 10.1 Å². The number of hydrogen-bond donors (Lipinski definition) is 1. The average molecular weight is 321 g/mol. The molecule has 1 aliphatic rings. The van der Waals surface area contributed by atoms with Crippen molar-refractivity contribution in [3.8, 4) is 0 Å². The van der Waals surface area contributed by atoms with Crippen LogP contribution in [0.5, 0.6) is 0 Å². The van der Waals surface area contributed by atoms with Gasteiger partial charge >= 0.3 is 5.97 Å². The average Bonchev–Trinajstić information content (AvgIpc) is 2.59. The first-order valence-electron chi connectivity index (χ1n) is 7.31. The van der Waals surface area contributed by atoms with Crippen LogP contribution in [-0.4, -0.2) is 44.0 Å². The minimum atomic E-state index is -0.751. The zero-order valence-corrected chi connectivity index (χ0v) is 13.1. The Kier molecular flexibility index (Phi) is 5.15. The Hall–Kier alpha value is -2.64. The topological polar surface area (TPSA) is 102 Å². The molecule has 0 saturated carbocycles. The molecule has 8 heteroatoms. The maximum atomic E-state index is 11.8. The van der Waals surface area contributed by atoms with Crippen molar-refractivity contribution < 1.29 is 19.2 Å². The van der Waals surface area contributed by atoms with Gasteiger partial charge in [0.1, 0.15) is 5.56 Å². The number of rotatable bonds is 4. The smallest absolute Gasteiger partial charge is 0.344 e. The molecule has 1 fully saturated rings. The van der Waals surface area contributed by atoms with Crippen LogP contribution in [0.4, 0.5) is 11.4 Å². The summed E-state index contributed by atoms with van der Waals surface area (Å²) in [5.74, 6) is -0.909. The van der Waals surface area contributed by atoms with Gasteiger partial charge in [-0.25, -0.2) is 4.79 Å². The Morgan fingerprint density at radius 1 is 1.43 bits per heavy atom. The molecule has 0 radical (unpaired) electrons. The van der Waals surface area contributed by atoms with Gasteiger partial charge < -0.3 is 15.0 Å². The minimum absolute atomic E-state index is 0.0233. The number of ether oxygens (including phenoxy) is 1. The van der Waals surface area contributed by atoms with E-state index in [1.807, 2.05) is 4.90 Å².